The minimum atomic E-state index is 0.524. The van der Waals surface area contributed by atoms with Crippen LogP contribution in [0.3, 0.4) is 0 Å². The quantitative estimate of drug-likeness (QED) is 0.420. The van der Waals surface area contributed by atoms with Gasteiger partial charge in [-0.2, -0.15) is 5.10 Å². The van der Waals surface area contributed by atoms with E-state index in [1.54, 1.807) is 11.3 Å². The van der Waals surface area contributed by atoms with Crippen LogP contribution < -0.4 is 11.1 Å². The Morgan fingerprint density at radius 2 is 2.75 bits per heavy atom. The van der Waals surface area contributed by atoms with Gasteiger partial charge in [-0.3, -0.25) is 5.01 Å². The summed E-state index contributed by atoms with van der Waals surface area (Å²) >= 11 is 0. The van der Waals surface area contributed by atoms with Crippen LogP contribution in [0.4, 0.5) is 0 Å². The standard InChI is InChI=1S/C4H6N4/c1-2-3-8-4-5-6-7-8/h1,4,6-7H,3H2. The second-order valence-corrected chi connectivity index (χ2v) is 1.30. The van der Waals surface area contributed by atoms with E-state index in [0.29, 0.717) is 6.54 Å². The molecule has 8 heavy (non-hydrogen) atoms. The number of rotatable bonds is 1. The molecule has 1 rings (SSSR count). The third kappa shape index (κ3) is 0.891. The Morgan fingerprint density at radius 1 is 1.88 bits per heavy atom. The van der Waals surface area contributed by atoms with Crippen molar-refractivity contribution in [3.05, 3.63) is 0 Å². The van der Waals surface area contributed by atoms with Gasteiger partial charge in [0.05, 0.1) is 6.54 Å². The number of hydrazine groups is 2. The summed E-state index contributed by atoms with van der Waals surface area (Å²) in [5.41, 5.74) is 5.18. The molecule has 0 atom stereocenters. The SMILES string of the molecule is C#CCN1C=NNN1. The van der Waals surface area contributed by atoms with Gasteiger partial charge < -0.3 is 0 Å². The second-order valence-electron chi connectivity index (χ2n) is 1.30. The van der Waals surface area contributed by atoms with Crippen molar-refractivity contribution in [1.29, 1.82) is 0 Å². The first-order valence-electron chi connectivity index (χ1n) is 2.17. The van der Waals surface area contributed by atoms with E-state index >= 15 is 0 Å². The molecule has 0 radical (unpaired) electrons. The van der Waals surface area contributed by atoms with Crippen LogP contribution in [0.5, 0.6) is 0 Å². The third-order valence-corrected chi connectivity index (χ3v) is 0.717. The van der Waals surface area contributed by atoms with Crippen molar-refractivity contribution < 1.29 is 0 Å². The van der Waals surface area contributed by atoms with Gasteiger partial charge in [0.15, 0.2) is 0 Å². The van der Waals surface area contributed by atoms with E-state index in [2.05, 4.69) is 22.1 Å². The fourth-order valence-corrected chi connectivity index (χ4v) is 0.399. The fraction of sp³-hybridized carbons (Fsp3) is 0.250. The Hall–Kier alpha value is -1.21. The smallest absolute Gasteiger partial charge is 0.129 e. The van der Waals surface area contributed by atoms with E-state index in [0.717, 1.165) is 0 Å². The Balaban J connectivity index is 2.28. The third-order valence-electron chi connectivity index (χ3n) is 0.717. The number of nitrogens with zero attached hydrogens (tertiary/aromatic N) is 2. The highest BCUT2D eigenvalue weighted by atomic mass is 15.8. The molecule has 1 aliphatic rings. The van der Waals surface area contributed by atoms with Gasteiger partial charge in [-0.15, -0.1) is 12.0 Å². The summed E-state index contributed by atoms with van der Waals surface area (Å²) in [5, 5.41) is 5.28. The van der Waals surface area contributed by atoms with Crippen molar-refractivity contribution >= 4 is 6.34 Å². The first-order valence-corrected chi connectivity index (χ1v) is 2.17. The van der Waals surface area contributed by atoms with E-state index in [4.69, 9.17) is 6.42 Å². The average molecular weight is 110 g/mol. The van der Waals surface area contributed by atoms with Crippen LogP contribution in [0.2, 0.25) is 0 Å². The Bertz CT molecular complexity index is 133. The number of hydrogen-bond acceptors (Lipinski definition) is 4. The molecule has 0 aromatic heterocycles. The van der Waals surface area contributed by atoms with Crippen LogP contribution in [0.25, 0.3) is 0 Å². The van der Waals surface area contributed by atoms with Gasteiger partial charge in [-0.1, -0.05) is 5.92 Å². The molecule has 0 bridgehead atoms. The van der Waals surface area contributed by atoms with Gasteiger partial charge in [0, 0.05) is 0 Å². The van der Waals surface area contributed by atoms with Crippen LogP contribution in [0, 0.1) is 12.3 Å². The van der Waals surface area contributed by atoms with Crippen molar-refractivity contribution in [2.24, 2.45) is 5.10 Å². The van der Waals surface area contributed by atoms with E-state index in [1.165, 1.54) is 0 Å². The van der Waals surface area contributed by atoms with Gasteiger partial charge in [0.2, 0.25) is 0 Å². The zero-order valence-electron chi connectivity index (χ0n) is 4.26. The summed E-state index contributed by atoms with van der Waals surface area (Å²) in [4.78, 5) is 0. The molecule has 0 saturated carbocycles. The summed E-state index contributed by atoms with van der Waals surface area (Å²) in [6.45, 7) is 0.524. The van der Waals surface area contributed by atoms with Crippen LogP contribution in [0.15, 0.2) is 5.10 Å². The van der Waals surface area contributed by atoms with Crippen LogP contribution >= 0.6 is 0 Å². The highest BCUT2D eigenvalue weighted by Crippen LogP contribution is 1.76. The summed E-state index contributed by atoms with van der Waals surface area (Å²) < 4.78 is 0. The first kappa shape index (κ1) is 4.94. The monoisotopic (exact) mass is 110 g/mol. The molecule has 0 aromatic rings. The van der Waals surface area contributed by atoms with Gasteiger partial charge in [-0.25, -0.2) is 5.53 Å². The minimum Gasteiger partial charge on any atom is -0.265 e. The molecule has 1 heterocycles. The highest BCUT2D eigenvalue weighted by Gasteiger charge is 1.98. The zero-order valence-corrected chi connectivity index (χ0v) is 4.26. The number of hydrazone groups is 1. The molecule has 0 aromatic carbocycles. The van der Waals surface area contributed by atoms with Gasteiger partial charge >= 0.3 is 0 Å². The predicted octanol–water partition coefficient (Wildman–Crippen LogP) is -1.11. The van der Waals surface area contributed by atoms with Crippen molar-refractivity contribution in [1.82, 2.24) is 16.1 Å². The van der Waals surface area contributed by atoms with E-state index in [1.807, 2.05) is 0 Å². The number of nitrogens with one attached hydrogen (secondary N) is 2. The molecule has 0 saturated heterocycles. The lowest BCUT2D eigenvalue weighted by Gasteiger charge is -2.06. The van der Waals surface area contributed by atoms with Crippen LogP contribution in [-0.2, 0) is 0 Å². The first-order chi connectivity index (χ1) is 3.93. The molecule has 0 spiro atoms. The van der Waals surface area contributed by atoms with E-state index < -0.39 is 0 Å². The molecule has 0 fully saturated rings. The molecular formula is C4H6N4. The fourth-order valence-electron chi connectivity index (χ4n) is 0.399. The average Bonchev–Trinajstić information content (AvgIpc) is 2.19. The predicted molar refractivity (Wildman–Crippen MR) is 30.3 cm³/mol. The van der Waals surface area contributed by atoms with Crippen molar-refractivity contribution in [3.8, 4) is 12.3 Å². The Labute approximate surface area is 47.5 Å². The molecule has 0 unspecified atom stereocenters. The molecule has 42 valence electrons. The maximum atomic E-state index is 4.99. The maximum absolute atomic E-state index is 4.99. The maximum Gasteiger partial charge on any atom is 0.129 e. The Morgan fingerprint density at radius 3 is 3.25 bits per heavy atom. The zero-order chi connectivity index (χ0) is 5.82. The van der Waals surface area contributed by atoms with Crippen molar-refractivity contribution in [2.45, 2.75) is 0 Å². The molecule has 1 aliphatic heterocycles. The lowest BCUT2D eigenvalue weighted by Crippen LogP contribution is -2.37. The second kappa shape index (κ2) is 2.19. The van der Waals surface area contributed by atoms with Gasteiger partial charge in [0.1, 0.15) is 6.34 Å². The molecule has 0 aliphatic carbocycles. The topological polar surface area (TPSA) is 39.7 Å². The largest absolute Gasteiger partial charge is 0.265 e. The molecule has 0 amide bonds. The highest BCUT2D eigenvalue weighted by molar-refractivity contribution is 5.55. The lowest BCUT2D eigenvalue weighted by atomic mass is 10.7. The van der Waals surface area contributed by atoms with E-state index in [-0.39, 0.29) is 0 Å². The van der Waals surface area contributed by atoms with Crippen molar-refractivity contribution in [2.75, 3.05) is 6.54 Å². The van der Waals surface area contributed by atoms with E-state index in [9.17, 15) is 0 Å². The minimum absolute atomic E-state index is 0.524. The summed E-state index contributed by atoms with van der Waals surface area (Å²) in [7, 11) is 0. The number of hydrogen-bond donors (Lipinski definition) is 2. The van der Waals surface area contributed by atoms with Crippen molar-refractivity contribution in [3.63, 3.8) is 0 Å². The summed E-state index contributed by atoms with van der Waals surface area (Å²) in [6, 6.07) is 0. The summed E-state index contributed by atoms with van der Waals surface area (Å²) in [5.74, 6) is 2.44. The molecular weight excluding hydrogens is 104 g/mol. The molecule has 2 N–H and O–H groups in total. The van der Waals surface area contributed by atoms with Crippen LogP contribution in [-0.4, -0.2) is 17.9 Å². The van der Waals surface area contributed by atoms with Gasteiger partial charge in [0.25, 0.3) is 0 Å². The lowest BCUT2D eigenvalue weighted by molar-refractivity contribution is 0.331. The molecule has 4 heteroatoms. The normalized spacial score (nSPS) is 15.6. The van der Waals surface area contributed by atoms with Gasteiger partial charge in [-0.05, 0) is 0 Å². The number of terminal acetylenes is 1. The molecule has 4 nitrogen and oxygen atoms in total. The Kier molecular flexibility index (Phi) is 1.35. The van der Waals surface area contributed by atoms with Crippen LogP contribution in [0.1, 0.15) is 0 Å². The summed E-state index contributed by atoms with van der Waals surface area (Å²) in [6.07, 6.45) is 6.57.